The Morgan fingerprint density at radius 3 is 2.46 bits per heavy atom. The Labute approximate surface area is 153 Å². The van der Waals surface area contributed by atoms with E-state index in [-0.39, 0.29) is 0 Å². The molecule has 0 bridgehead atoms. The summed E-state index contributed by atoms with van der Waals surface area (Å²) in [7, 11) is 0. The van der Waals surface area contributed by atoms with Crippen molar-refractivity contribution in [1.29, 1.82) is 0 Å². The van der Waals surface area contributed by atoms with Gasteiger partial charge in [0.05, 0.1) is 6.54 Å². The van der Waals surface area contributed by atoms with Crippen LogP contribution in [-0.2, 0) is 13.2 Å². The SMILES string of the molecule is c1ccc(COc2ccc(-c3noc(CN4CCCCC4)n3)cc2)cc1. The second-order valence-corrected chi connectivity index (χ2v) is 6.65. The molecule has 1 aromatic heterocycles. The van der Waals surface area contributed by atoms with E-state index in [4.69, 9.17) is 9.26 Å². The van der Waals surface area contributed by atoms with E-state index < -0.39 is 0 Å². The summed E-state index contributed by atoms with van der Waals surface area (Å²) in [6.45, 7) is 3.53. The molecule has 0 aliphatic carbocycles. The smallest absolute Gasteiger partial charge is 0.241 e. The first-order valence-corrected chi connectivity index (χ1v) is 9.19. The first-order chi connectivity index (χ1) is 12.9. The van der Waals surface area contributed by atoms with Crippen LogP contribution in [0.15, 0.2) is 59.1 Å². The molecule has 4 rings (SSSR count). The maximum absolute atomic E-state index is 5.82. The van der Waals surface area contributed by atoms with Gasteiger partial charge in [0.15, 0.2) is 0 Å². The van der Waals surface area contributed by atoms with Gasteiger partial charge >= 0.3 is 0 Å². The molecule has 5 heteroatoms. The van der Waals surface area contributed by atoms with Crippen LogP contribution in [0.2, 0.25) is 0 Å². The predicted molar refractivity (Wildman–Crippen MR) is 99.6 cm³/mol. The molecule has 5 nitrogen and oxygen atoms in total. The number of benzene rings is 2. The van der Waals surface area contributed by atoms with Crippen LogP contribution in [0.5, 0.6) is 5.75 Å². The summed E-state index contributed by atoms with van der Waals surface area (Å²) in [5, 5.41) is 4.12. The summed E-state index contributed by atoms with van der Waals surface area (Å²) in [5.41, 5.74) is 2.09. The van der Waals surface area contributed by atoms with Gasteiger partial charge in [-0.3, -0.25) is 4.90 Å². The molecule has 1 aliphatic heterocycles. The molecule has 134 valence electrons. The molecule has 2 heterocycles. The Kier molecular flexibility index (Phi) is 5.26. The minimum absolute atomic E-state index is 0.558. The molecule has 0 N–H and O–H groups in total. The van der Waals surface area contributed by atoms with Crippen molar-refractivity contribution < 1.29 is 9.26 Å². The minimum atomic E-state index is 0.558. The molecule has 0 saturated carbocycles. The van der Waals surface area contributed by atoms with Gasteiger partial charge in [-0.05, 0) is 55.8 Å². The Morgan fingerprint density at radius 2 is 1.69 bits per heavy atom. The lowest BCUT2D eigenvalue weighted by atomic mass is 10.1. The summed E-state index contributed by atoms with van der Waals surface area (Å²) < 4.78 is 11.2. The van der Waals surface area contributed by atoms with Crippen LogP contribution < -0.4 is 4.74 Å². The lowest BCUT2D eigenvalue weighted by Gasteiger charge is -2.24. The molecular formula is C21H23N3O2. The zero-order valence-corrected chi connectivity index (χ0v) is 14.8. The third-order valence-electron chi connectivity index (χ3n) is 4.64. The second-order valence-electron chi connectivity index (χ2n) is 6.65. The first kappa shape index (κ1) is 16.8. The molecule has 1 fully saturated rings. The van der Waals surface area contributed by atoms with Crippen molar-refractivity contribution in [2.45, 2.75) is 32.4 Å². The van der Waals surface area contributed by atoms with E-state index in [9.17, 15) is 0 Å². The van der Waals surface area contributed by atoms with E-state index in [1.165, 1.54) is 19.3 Å². The number of piperidine rings is 1. The van der Waals surface area contributed by atoms with Crippen LogP contribution in [0, 0.1) is 0 Å². The maximum Gasteiger partial charge on any atom is 0.241 e. The summed E-state index contributed by atoms with van der Waals surface area (Å²) in [4.78, 5) is 6.91. The van der Waals surface area contributed by atoms with Crippen LogP contribution in [0.3, 0.4) is 0 Å². The van der Waals surface area contributed by atoms with E-state index in [1.54, 1.807) is 0 Å². The summed E-state index contributed by atoms with van der Waals surface area (Å²) in [6, 6.07) is 18.0. The lowest BCUT2D eigenvalue weighted by Crippen LogP contribution is -2.29. The van der Waals surface area contributed by atoms with E-state index >= 15 is 0 Å². The average molecular weight is 349 g/mol. The number of rotatable bonds is 6. The number of hydrogen-bond acceptors (Lipinski definition) is 5. The normalized spacial score (nSPS) is 15.1. The van der Waals surface area contributed by atoms with Gasteiger partial charge < -0.3 is 9.26 Å². The quantitative estimate of drug-likeness (QED) is 0.664. The third kappa shape index (κ3) is 4.29. The van der Waals surface area contributed by atoms with Crippen LogP contribution in [-0.4, -0.2) is 28.1 Å². The van der Waals surface area contributed by atoms with Gasteiger partial charge in [-0.2, -0.15) is 4.98 Å². The molecule has 1 saturated heterocycles. The predicted octanol–water partition coefficient (Wildman–Crippen LogP) is 4.30. The highest BCUT2D eigenvalue weighted by Gasteiger charge is 2.15. The van der Waals surface area contributed by atoms with Crippen molar-refractivity contribution in [1.82, 2.24) is 15.0 Å². The Bertz CT molecular complexity index is 809. The monoisotopic (exact) mass is 349 g/mol. The molecule has 26 heavy (non-hydrogen) atoms. The number of nitrogens with zero attached hydrogens (tertiary/aromatic N) is 3. The number of ether oxygens (including phenoxy) is 1. The van der Waals surface area contributed by atoms with E-state index in [0.29, 0.717) is 18.3 Å². The molecule has 3 aromatic rings. The van der Waals surface area contributed by atoms with E-state index in [1.807, 2.05) is 42.5 Å². The Morgan fingerprint density at radius 1 is 0.923 bits per heavy atom. The van der Waals surface area contributed by atoms with Crippen LogP contribution >= 0.6 is 0 Å². The summed E-state index contributed by atoms with van der Waals surface area (Å²) >= 11 is 0. The van der Waals surface area contributed by atoms with Crippen molar-refractivity contribution in [3.63, 3.8) is 0 Å². The van der Waals surface area contributed by atoms with Gasteiger partial charge in [0, 0.05) is 5.56 Å². The second kappa shape index (κ2) is 8.15. The highest BCUT2D eigenvalue weighted by Crippen LogP contribution is 2.21. The zero-order valence-electron chi connectivity index (χ0n) is 14.8. The lowest BCUT2D eigenvalue weighted by molar-refractivity contribution is 0.193. The molecular weight excluding hydrogens is 326 g/mol. The largest absolute Gasteiger partial charge is 0.489 e. The number of likely N-dealkylation sites (tertiary alicyclic amines) is 1. The van der Waals surface area contributed by atoms with Gasteiger partial charge in [0.25, 0.3) is 0 Å². The Hall–Kier alpha value is -2.66. The Balaban J connectivity index is 1.36. The molecule has 0 radical (unpaired) electrons. The van der Waals surface area contributed by atoms with Gasteiger partial charge in [-0.25, -0.2) is 0 Å². The molecule has 2 aromatic carbocycles. The fourth-order valence-corrected chi connectivity index (χ4v) is 3.19. The highest BCUT2D eigenvalue weighted by atomic mass is 16.5. The van der Waals surface area contributed by atoms with Gasteiger partial charge in [-0.15, -0.1) is 0 Å². The van der Waals surface area contributed by atoms with Gasteiger partial charge in [-0.1, -0.05) is 41.9 Å². The molecule has 0 amide bonds. The molecule has 0 unspecified atom stereocenters. The van der Waals surface area contributed by atoms with Crippen molar-refractivity contribution in [3.8, 4) is 17.1 Å². The molecule has 0 atom stereocenters. The van der Waals surface area contributed by atoms with Crippen LogP contribution in [0.1, 0.15) is 30.7 Å². The number of aromatic nitrogens is 2. The number of hydrogen-bond donors (Lipinski definition) is 0. The average Bonchev–Trinajstić information content (AvgIpc) is 3.17. The highest BCUT2D eigenvalue weighted by molar-refractivity contribution is 5.55. The molecule has 1 aliphatic rings. The fraction of sp³-hybridized carbons (Fsp3) is 0.333. The zero-order chi connectivity index (χ0) is 17.6. The third-order valence-corrected chi connectivity index (χ3v) is 4.64. The van der Waals surface area contributed by atoms with E-state index in [0.717, 1.165) is 36.5 Å². The van der Waals surface area contributed by atoms with Crippen molar-refractivity contribution >= 4 is 0 Å². The van der Waals surface area contributed by atoms with E-state index in [2.05, 4.69) is 27.2 Å². The van der Waals surface area contributed by atoms with Crippen molar-refractivity contribution in [2.24, 2.45) is 0 Å². The summed E-state index contributed by atoms with van der Waals surface area (Å²) in [6.07, 6.45) is 3.83. The maximum atomic E-state index is 5.82. The topological polar surface area (TPSA) is 51.4 Å². The summed E-state index contributed by atoms with van der Waals surface area (Å²) in [5.74, 6) is 2.15. The van der Waals surface area contributed by atoms with Crippen LogP contribution in [0.25, 0.3) is 11.4 Å². The first-order valence-electron chi connectivity index (χ1n) is 9.19. The van der Waals surface area contributed by atoms with Crippen molar-refractivity contribution in [3.05, 3.63) is 66.1 Å². The van der Waals surface area contributed by atoms with Crippen LogP contribution in [0.4, 0.5) is 0 Å². The van der Waals surface area contributed by atoms with Gasteiger partial charge in [0.2, 0.25) is 11.7 Å². The molecule has 0 spiro atoms. The van der Waals surface area contributed by atoms with Crippen molar-refractivity contribution in [2.75, 3.05) is 13.1 Å². The fourth-order valence-electron chi connectivity index (χ4n) is 3.19. The minimum Gasteiger partial charge on any atom is -0.489 e. The van der Waals surface area contributed by atoms with Gasteiger partial charge in [0.1, 0.15) is 12.4 Å². The standard InChI is InChI=1S/C21H23N3O2/c1-3-7-17(8-4-1)16-25-19-11-9-18(10-12-19)21-22-20(26-23-21)15-24-13-5-2-6-14-24/h1,3-4,7-12H,2,5-6,13-16H2.